The summed E-state index contributed by atoms with van der Waals surface area (Å²) in [5.41, 5.74) is 0. The second-order valence-electron chi connectivity index (χ2n) is 4.38. The van der Waals surface area contributed by atoms with Crippen LogP contribution >= 0.6 is 0 Å². The van der Waals surface area contributed by atoms with Gasteiger partial charge in [0.15, 0.2) is 0 Å². The van der Waals surface area contributed by atoms with Crippen molar-refractivity contribution in [2.45, 2.75) is 31.7 Å². The molecule has 1 fully saturated rings. The van der Waals surface area contributed by atoms with Gasteiger partial charge in [0.1, 0.15) is 0 Å². The fourth-order valence-corrected chi connectivity index (χ4v) is 1.76. The Bertz CT molecular complexity index is 181. The van der Waals surface area contributed by atoms with E-state index >= 15 is 0 Å². The minimum absolute atomic E-state index is 0.147. The predicted molar refractivity (Wildman–Crippen MR) is 53.7 cm³/mol. The molecule has 1 aliphatic carbocycles. The maximum atomic E-state index is 13.2. The molecule has 1 rings (SSSR count). The van der Waals surface area contributed by atoms with E-state index in [-0.39, 0.29) is 19.1 Å². The highest BCUT2D eigenvalue weighted by Gasteiger charge is 2.36. The maximum Gasteiger partial charge on any atom is 0.272 e. The predicted octanol–water partition coefficient (Wildman–Crippen LogP) is 1.57. The van der Waals surface area contributed by atoms with E-state index in [1.54, 1.807) is 19.0 Å². The second-order valence-corrected chi connectivity index (χ2v) is 4.38. The molecule has 1 saturated carbocycles. The lowest BCUT2D eigenvalue weighted by Gasteiger charge is -2.28. The van der Waals surface area contributed by atoms with Gasteiger partial charge >= 0.3 is 0 Å². The van der Waals surface area contributed by atoms with Crippen LogP contribution in [0.15, 0.2) is 0 Å². The second kappa shape index (κ2) is 4.53. The standard InChI is InChI=1S/C10H20F2N2/c1-8(9-4-5-9)14(3)7-10(11,12)6-13-2/h8-9,13H,4-7H2,1-3H3. The van der Waals surface area contributed by atoms with E-state index in [1.165, 1.54) is 12.8 Å². The van der Waals surface area contributed by atoms with E-state index in [0.29, 0.717) is 5.92 Å². The summed E-state index contributed by atoms with van der Waals surface area (Å²) >= 11 is 0. The number of hydrogen-bond acceptors (Lipinski definition) is 2. The Kier molecular flexibility index (Phi) is 3.84. The molecule has 0 spiro atoms. The zero-order chi connectivity index (χ0) is 10.8. The number of alkyl halides is 2. The van der Waals surface area contributed by atoms with E-state index in [2.05, 4.69) is 5.32 Å². The van der Waals surface area contributed by atoms with Gasteiger partial charge in [-0.15, -0.1) is 0 Å². The van der Waals surface area contributed by atoms with Crippen LogP contribution in [0.3, 0.4) is 0 Å². The van der Waals surface area contributed by atoms with Gasteiger partial charge in [-0.25, -0.2) is 8.78 Å². The molecule has 0 aromatic rings. The summed E-state index contributed by atoms with van der Waals surface area (Å²) in [6.07, 6.45) is 2.40. The Labute approximate surface area is 84.7 Å². The monoisotopic (exact) mass is 206 g/mol. The highest BCUT2D eigenvalue weighted by atomic mass is 19.3. The lowest BCUT2D eigenvalue weighted by atomic mass is 10.2. The topological polar surface area (TPSA) is 15.3 Å². The van der Waals surface area contributed by atoms with Gasteiger partial charge in [-0.3, -0.25) is 4.90 Å². The van der Waals surface area contributed by atoms with E-state index in [9.17, 15) is 8.78 Å². The van der Waals surface area contributed by atoms with Crippen LogP contribution < -0.4 is 5.32 Å². The summed E-state index contributed by atoms with van der Waals surface area (Å²) in [5.74, 6) is -1.97. The Morgan fingerprint density at radius 1 is 1.50 bits per heavy atom. The third-order valence-electron chi connectivity index (χ3n) is 2.92. The van der Waals surface area contributed by atoms with Crippen molar-refractivity contribution in [1.82, 2.24) is 10.2 Å². The smallest absolute Gasteiger partial charge is 0.272 e. The maximum absolute atomic E-state index is 13.2. The average molecular weight is 206 g/mol. The molecule has 1 aliphatic rings. The summed E-state index contributed by atoms with van der Waals surface area (Å²) in [4.78, 5) is 1.77. The molecule has 1 atom stereocenters. The number of hydrogen-bond donors (Lipinski definition) is 1. The molecule has 1 unspecified atom stereocenters. The van der Waals surface area contributed by atoms with E-state index in [0.717, 1.165) is 0 Å². The van der Waals surface area contributed by atoms with Crippen LogP contribution in [0.5, 0.6) is 0 Å². The number of nitrogens with zero attached hydrogens (tertiary/aromatic N) is 1. The lowest BCUT2D eigenvalue weighted by Crippen LogP contribution is -2.44. The van der Waals surface area contributed by atoms with Gasteiger partial charge in [0, 0.05) is 6.04 Å². The summed E-state index contributed by atoms with van der Waals surface area (Å²) in [6, 6.07) is 0.290. The molecular weight excluding hydrogens is 186 g/mol. The molecule has 0 bridgehead atoms. The van der Waals surface area contributed by atoms with Crippen molar-refractivity contribution in [3.8, 4) is 0 Å². The van der Waals surface area contributed by atoms with Crippen molar-refractivity contribution >= 4 is 0 Å². The van der Waals surface area contributed by atoms with Gasteiger partial charge in [0.25, 0.3) is 5.92 Å². The highest BCUT2D eigenvalue weighted by molar-refractivity contribution is 4.86. The van der Waals surface area contributed by atoms with Gasteiger partial charge in [-0.1, -0.05) is 0 Å². The van der Waals surface area contributed by atoms with Crippen LogP contribution in [0.2, 0.25) is 0 Å². The van der Waals surface area contributed by atoms with Gasteiger partial charge in [-0.05, 0) is 39.8 Å². The first-order valence-corrected chi connectivity index (χ1v) is 5.19. The molecular formula is C10H20F2N2. The third kappa shape index (κ3) is 3.50. The van der Waals surface area contributed by atoms with Gasteiger partial charge in [0.2, 0.25) is 0 Å². The third-order valence-corrected chi connectivity index (χ3v) is 2.92. The number of halogens is 2. The Morgan fingerprint density at radius 3 is 2.50 bits per heavy atom. The quantitative estimate of drug-likeness (QED) is 0.709. The summed E-state index contributed by atoms with van der Waals surface area (Å²) in [5, 5.41) is 2.52. The van der Waals surface area contributed by atoms with Crippen molar-refractivity contribution in [3.05, 3.63) is 0 Å². The number of nitrogens with one attached hydrogen (secondary N) is 1. The minimum Gasteiger partial charge on any atom is -0.314 e. The van der Waals surface area contributed by atoms with E-state index in [4.69, 9.17) is 0 Å². The SMILES string of the molecule is CNCC(F)(F)CN(C)C(C)C1CC1. The largest absolute Gasteiger partial charge is 0.314 e. The van der Waals surface area contributed by atoms with Gasteiger partial charge in [0.05, 0.1) is 13.1 Å². The molecule has 84 valence electrons. The molecule has 4 heteroatoms. The summed E-state index contributed by atoms with van der Waals surface area (Å²) in [6.45, 7) is 1.65. The first kappa shape index (κ1) is 11.9. The molecule has 1 N–H and O–H groups in total. The fourth-order valence-electron chi connectivity index (χ4n) is 1.76. The Hall–Kier alpha value is -0.220. The molecule has 0 heterocycles. The molecule has 0 radical (unpaired) electrons. The first-order valence-electron chi connectivity index (χ1n) is 5.19. The molecule has 0 aliphatic heterocycles. The Morgan fingerprint density at radius 2 is 2.07 bits per heavy atom. The molecule has 2 nitrogen and oxygen atoms in total. The van der Waals surface area contributed by atoms with Crippen molar-refractivity contribution in [3.63, 3.8) is 0 Å². The van der Waals surface area contributed by atoms with E-state index in [1.807, 2.05) is 6.92 Å². The van der Waals surface area contributed by atoms with Gasteiger partial charge in [-0.2, -0.15) is 0 Å². The average Bonchev–Trinajstić information content (AvgIpc) is 2.83. The zero-order valence-corrected chi connectivity index (χ0v) is 9.19. The van der Waals surface area contributed by atoms with Crippen molar-refractivity contribution in [2.75, 3.05) is 27.2 Å². The molecule has 0 aromatic heterocycles. The summed E-state index contributed by atoms with van der Waals surface area (Å²) < 4.78 is 26.4. The van der Waals surface area contributed by atoms with E-state index < -0.39 is 5.92 Å². The zero-order valence-electron chi connectivity index (χ0n) is 9.19. The Balaban J connectivity index is 2.33. The van der Waals surface area contributed by atoms with Crippen LogP contribution in [-0.4, -0.2) is 44.0 Å². The molecule has 0 amide bonds. The first-order chi connectivity index (χ1) is 6.46. The van der Waals surface area contributed by atoms with Crippen LogP contribution in [0.25, 0.3) is 0 Å². The van der Waals surface area contributed by atoms with Crippen LogP contribution in [-0.2, 0) is 0 Å². The molecule has 0 saturated heterocycles. The van der Waals surface area contributed by atoms with Crippen molar-refractivity contribution in [1.29, 1.82) is 0 Å². The van der Waals surface area contributed by atoms with Gasteiger partial charge < -0.3 is 5.32 Å². The number of rotatable bonds is 6. The minimum atomic E-state index is -2.62. The molecule has 0 aromatic carbocycles. The van der Waals surface area contributed by atoms with Crippen LogP contribution in [0.4, 0.5) is 8.78 Å². The van der Waals surface area contributed by atoms with Crippen molar-refractivity contribution in [2.24, 2.45) is 5.92 Å². The molecule has 14 heavy (non-hydrogen) atoms. The van der Waals surface area contributed by atoms with Crippen LogP contribution in [0.1, 0.15) is 19.8 Å². The highest BCUT2D eigenvalue weighted by Crippen LogP contribution is 2.35. The fraction of sp³-hybridized carbons (Fsp3) is 1.00. The van der Waals surface area contributed by atoms with Crippen LogP contribution in [0, 0.1) is 5.92 Å². The lowest BCUT2D eigenvalue weighted by molar-refractivity contribution is -0.0326. The normalized spacial score (nSPS) is 20.1. The van der Waals surface area contributed by atoms with Crippen molar-refractivity contribution < 1.29 is 8.78 Å². The summed E-state index contributed by atoms with van der Waals surface area (Å²) in [7, 11) is 3.34.